The molecular formula is C23H24N2O7S. The van der Waals surface area contributed by atoms with Crippen LogP contribution in [0.3, 0.4) is 0 Å². The van der Waals surface area contributed by atoms with Crippen LogP contribution >= 0.6 is 0 Å². The lowest BCUT2D eigenvalue weighted by Crippen LogP contribution is -2.40. The van der Waals surface area contributed by atoms with Gasteiger partial charge in [0.25, 0.3) is 5.91 Å². The molecule has 0 spiro atoms. The van der Waals surface area contributed by atoms with Crippen molar-refractivity contribution in [1.82, 2.24) is 4.31 Å². The van der Waals surface area contributed by atoms with Crippen LogP contribution in [0.15, 0.2) is 59.5 Å². The van der Waals surface area contributed by atoms with Gasteiger partial charge in [-0.05, 0) is 42.8 Å². The van der Waals surface area contributed by atoms with Gasteiger partial charge in [-0.1, -0.05) is 24.3 Å². The highest BCUT2D eigenvalue weighted by Crippen LogP contribution is 2.18. The van der Waals surface area contributed by atoms with E-state index in [-0.39, 0.29) is 10.7 Å². The molecule has 0 bridgehead atoms. The number of carbonyl (C=O) groups excluding carboxylic acids is 3. The summed E-state index contributed by atoms with van der Waals surface area (Å²) in [7, 11) is -3.59. The van der Waals surface area contributed by atoms with E-state index in [0.29, 0.717) is 43.1 Å². The normalized spacial score (nSPS) is 14.7. The number of morpholine rings is 1. The fraction of sp³-hybridized carbons (Fsp3) is 0.261. The number of carbonyl (C=O) groups is 3. The average molecular weight is 473 g/mol. The molecule has 9 nitrogen and oxygen atoms in total. The molecule has 1 heterocycles. The summed E-state index contributed by atoms with van der Waals surface area (Å²) in [5.74, 6) is -1.52. The summed E-state index contributed by atoms with van der Waals surface area (Å²) in [6, 6.07) is 12.6. The first-order valence-corrected chi connectivity index (χ1v) is 11.6. The van der Waals surface area contributed by atoms with Crippen molar-refractivity contribution in [3.8, 4) is 0 Å². The Morgan fingerprint density at radius 1 is 1.06 bits per heavy atom. The molecule has 174 valence electrons. The van der Waals surface area contributed by atoms with Crippen LogP contribution in [-0.2, 0) is 29.1 Å². The largest absolute Gasteiger partial charge is 0.452 e. The molecule has 10 heteroatoms. The number of ether oxygens (including phenoxy) is 2. The second-order valence-electron chi connectivity index (χ2n) is 7.18. The molecule has 1 amide bonds. The predicted octanol–water partition coefficient (Wildman–Crippen LogP) is 2.11. The number of para-hydroxylation sites is 1. The maximum atomic E-state index is 12.6. The topological polar surface area (TPSA) is 119 Å². The molecular weight excluding hydrogens is 448 g/mol. The fourth-order valence-electron chi connectivity index (χ4n) is 3.12. The summed E-state index contributed by atoms with van der Waals surface area (Å²) < 4.78 is 36.7. The molecule has 0 radical (unpaired) electrons. The number of hydrogen-bond donors (Lipinski definition) is 1. The maximum absolute atomic E-state index is 12.6. The van der Waals surface area contributed by atoms with Crippen LogP contribution in [0, 0.1) is 0 Å². The van der Waals surface area contributed by atoms with E-state index < -0.39 is 28.5 Å². The zero-order chi connectivity index (χ0) is 23.8. The first kappa shape index (κ1) is 24.3. The molecule has 0 aromatic heterocycles. The molecule has 33 heavy (non-hydrogen) atoms. The van der Waals surface area contributed by atoms with Gasteiger partial charge >= 0.3 is 5.97 Å². The Morgan fingerprint density at radius 2 is 1.73 bits per heavy atom. The third-order valence-electron chi connectivity index (χ3n) is 4.83. The van der Waals surface area contributed by atoms with E-state index in [0.717, 1.165) is 6.08 Å². The van der Waals surface area contributed by atoms with Gasteiger partial charge in [-0.2, -0.15) is 4.31 Å². The van der Waals surface area contributed by atoms with Gasteiger partial charge < -0.3 is 14.8 Å². The van der Waals surface area contributed by atoms with E-state index in [2.05, 4.69) is 5.32 Å². The molecule has 0 aliphatic carbocycles. The first-order valence-electron chi connectivity index (χ1n) is 10.2. The van der Waals surface area contributed by atoms with E-state index in [1.807, 2.05) is 0 Å². The van der Waals surface area contributed by atoms with Crippen molar-refractivity contribution in [2.45, 2.75) is 11.8 Å². The van der Waals surface area contributed by atoms with Crippen LogP contribution in [0.5, 0.6) is 0 Å². The van der Waals surface area contributed by atoms with Crippen molar-refractivity contribution in [1.29, 1.82) is 0 Å². The number of ketones is 1. The summed E-state index contributed by atoms with van der Waals surface area (Å²) in [4.78, 5) is 35.7. The van der Waals surface area contributed by atoms with Gasteiger partial charge in [0.15, 0.2) is 12.4 Å². The van der Waals surface area contributed by atoms with E-state index in [4.69, 9.17) is 9.47 Å². The van der Waals surface area contributed by atoms with Crippen LogP contribution in [0.2, 0.25) is 0 Å². The van der Waals surface area contributed by atoms with E-state index in [1.165, 1.54) is 29.4 Å². The zero-order valence-corrected chi connectivity index (χ0v) is 18.8. The van der Waals surface area contributed by atoms with E-state index in [9.17, 15) is 22.8 Å². The SMILES string of the molecule is CC(=O)c1ccccc1NC(=O)COC(=O)/C=C/c1ccc(S(=O)(=O)N2CCOCC2)cc1. The minimum absolute atomic E-state index is 0.159. The Bertz CT molecular complexity index is 1150. The monoisotopic (exact) mass is 472 g/mol. The molecule has 1 saturated heterocycles. The second kappa shape index (κ2) is 11.0. The van der Waals surface area contributed by atoms with Crippen LogP contribution in [0.4, 0.5) is 5.69 Å². The number of anilines is 1. The van der Waals surface area contributed by atoms with Crippen molar-refractivity contribution >= 4 is 39.4 Å². The highest BCUT2D eigenvalue weighted by Gasteiger charge is 2.25. The van der Waals surface area contributed by atoms with Crippen molar-refractivity contribution in [2.24, 2.45) is 0 Å². The van der Waals surface area contributed by atoms with Gasteiger partial charge in [0, 0.05) is 24.7 Å². The van der Waals surface area contributed by atoms with Crippen molar-refractivity contribution in [3.05, 3.63) is 65.7 Å². The number of Topliss-reactive ketones (excluding diaryl/α,β-unsaturated/α-hetero) is 1. The Hall–Kier alpha value is -3.34. The predicted molar refractivity (Wildman–Crippen MR) is 121 cm³/mol. The van der Waals surface area contributed by atoms with Crippen molar-refractivity contribution < 1.29 is 32.3 Å². The number of nitrogens with one attached hydrogen (secondary N) is 1. The quantitative estimate of drug-likeness (QED) is 0.355. The van der Waals surface area contributed by atoms with Gasteiger partial charge in [-0.15, -0.1) is 0 Å². The summed E-state index contributed by atoms with van der Waals surface area (Å²) in [6.07, 6.45) is 2.60. The molecule has 1 N–H and O–H groups in total. The number of benzene rings is 2. The van der Waals surface area contributed by atoms with Crippen LogP contribution in [0.1, 0.15) is 22.8 Å². The maximum Gasteiger partial charge on any atom is 0.331 e. The standard InChI is InChI=1S/C23H24N2O7S/c1-17(26)20-4-2-3-5-21(20)24-22(27)16-32-23(28)11-8-18-6-9-19(10-7-18)33(29,30)25-12-14-31-15-13-25/h2-11H,12-16H2,1H3,(H,24,27)/b11-8+. The van der Waals surface area contributed by atoms with Gasteiger partial charge in [-0.3, -0.25) is 9.59 Å². The smallest absolute Gasteiger partial charge is 0.331 e. The fourth-order valence-corrected chi connectivity index (χ4v) is 4.53. The highest BCUT2D eigenvalue weighted by atomic mass is 32.2. The third kappa shape index (κ3) is 6.58. The molecule has 1 fully saturated rings. The number of rotatable bonds is 8. The van der Waals surface area contributed by atoms with Crippen molar-refractivity contribution in [2.75, 3.05) is 38.2 Å². The number of amides is 1. The summed E-state index contributed by atoms with van der Waals surface area (Å²) in [6.45, 7) is 2.22. The van der Waals surface area contributed by atoms with Gasteiger partial charge in [0.05, 0.1) is 23.8 Å². The average Bonchev–Trinajstić information content (AvgIpc) is 2.82. The summed E-state index contributed by atoms with van der Waals surface area (Å²) in [5.41, 5.74) is 1.29. The van der Waals surface area contributed by atoms with Gasteiger partial charge in [0.1, 0.15) is 0 Å². The number of esters is 1. The molecule has 1 aliphatic heterocycles. The summed E-state index contributed by atoms with van der Waals surface area (Å²) >= 11 is 0. The van der Waals surface area contributed by atoms with Crippen LogP contribution in [0.25, 0.3) is 6.08 Å². The Kier molecular flexibility index (Phi) is 8.10. The zero-order valence-electron chi connectivity index (χ0n) is 18.0. The Balaban J connectivity index is 1.52. The number of hydrogen-bond acceptors (Lipinski definition) is 7. The molecule has 3 rings (SSSR count). The molecule has 0 atom stereocenters. The molecule has 0 saturated carbocycles. The van der Waals surface area contributed by atoms with E-state index >= 15 is 0 Å². The second-order valence-corrected chi connectivity index (χ2v) is 9.11. The van der Waals surface area contributed by atoms with E-state index in [1.54, 1.807) is 36.4 Å². The van der Waals surface area contributed by atoms with Crippen LogP contribution in [-0.4, -0.2) is 63.3 Å². The highest BCUT2D eigenvalue weighted by molar-refractivity contribution is 7.89. The third-order valence-corrected chi connectivity index (χ3v) is 6.74. The molecule has 2 aromatic carbocycles. The minimum atomic E-state index is -3.59. The number of nitrogens with zero attached hydrogens (tertiary/aromatic N) is 1. The lowest BCUT2D eigenvalue weighted by atomic mass is 10.1. The van der Waals surface area contributed by atoms with Gasteiger partial charge in [-0.25, -0.2) is 13.2 Å². The lowest BCUT2D eigenvalue weighted by Gasteiger charge is -2.26. The molecule has 1 aliphatic rings. The summed E-state index contributed by atoms with van der Waals surface area (Å²) in [5, 5.41) is 2.54. The Labute approximate surface area is 192 Å². The van der Waals surface area contributed by atoms with Gasteiger partial charge in [0.2, 0.25) is 10.0 Å². The minimum Gasteiger partial charge on any atom is -0.452 e. The molecule has 2 aromatic rings. The number of sulfonamides is 1. The molecule has 0 unspecified atom stereocenters. The van der Waals surface area contributed by atoms with Crippen LogP contribution < -0.4 is 5.32 Å². The van der Waals surface area contributed by atoms with Crippen molar-refractivity contribution in [3.63, 3.8) is 0 Å². The first-order chi connectivity index (χ1) is 15.8. The Morgan fingerprint density at radius 3 is 2.39 bits per heavy atom. The lowest BCUT2D eigenvalue weighted by molar-refractivity contribution is -0.142.